The molecule has 1 aromatic heterocycles. The van der Waals surface area contributed by atoms with Gasteiger partial charge in [-0.1, -0.05) is 6.07 Å². The summed E-state index contributed by atoms with van der Waals surface area (Å²) in [4.78, 5) is 30.8. The molecule has 5 heteroatoms. The molecule has 2 aliphatic heterocycles. The third-order valence-corrected chi connectivity index (χ3v) is 6.47. The van der Waals surface area contributed by atoms with E-state index in [1.54, 1.807) is 0 Å². The molecule has 0 aliphatic carbocycles. The van der Waals surface area contributed by atoms with Gasteiger partial charge in [0.25, 0.3) is 5.91 Å². The number of Topliss-reactive ketones (excluding diaryl/α,β-unsaturated/α-hetero) is 1. The van der Waals surface area contributed by atoms with Crippen molar-refractivity contribution >= 4 is 22.6 Å². The van der Waals surface area contributed by atoms with Gasteiger partial charge in [0, 0.05) is 43.2 Å². The summed E-state index contributed by atoms with van der Waals surface area (Å²) in [6.45, 7) is 5.24. The van der Waals surface area contributed by atoms with Crippen LogP contribution in [0.15, 0.2) is 42.6 Å². The first-order chi connectivity index (χ1) is 13.9. The van der Waals surface area contributed by atoms with Crippen LogP contribution in [0.1, 0.15) is 51.1 Å². The smallest absolute Gasteiger partial charge is 0.253 e. The highest BCUT2D eigenvalue weighted by molar-refractivity contribution is 6.01. The number of aromatic nitrogens is 1. The number of likely N-dealkylation sites (tertiary alicyclic amines) is 1. The molecule has 0 unspecified atom stereocenters. The number of fused-ring (bicyclic) bond motifs is 2. The van der Waals surface area contributed by atoms with Crippen molar-refractivity contribution in [3.63, 3.8) is 0 Å². The highest BCUT2D eigenvalue weighted by Crippen LogP contribution is 2.40. The molecule has 5 nitrogen and oxygen atoms in total. The standard InChI is InChI=1S/C24H24N2O3/c1-15-11-19-21(27)14-24(29-22(19)12-16(15)2)6-9-26(10-7-24)23(28)18-4-3-17-5-8-25-20(17)13-18/h3-5,8,11-13,25H,6-7,9-10,14H2,1-2H3. The Hall–Kier alpha value is -3.08. The molecule has 1 saturated heterocycles. The number of nitrogens with zero attached hydrogens (tertiary/aromatic N) is 1. The lowest BCUT2D eigenvalue weighted by Crippen LogP contribution is -2.52. The van der Waals surface area contributed by atoms with E-state index in [1.165, 1.54) is 0 Å². The molecule has 5 rings (SSSR count). The molecule has 1 fully saturated rings. The van der Waals surface area contributed by atoms with Gasteiger partial charge in [-0.2, -0.15) is 0 Å². The summed E-state index contributed by atoms with van der Waals surface area (Å²) in [5.74, 6) is 0.873. The molecule has 0 atom stereocenters. The van der Waals surface area contributed by atoms with Crippen molar-refractivity contribution in [1.82, 2.24) is 9.88 Å². The van der Waals surface area contributed by atoms with Crippen molar-refractivity contribution < 1.29 is 14.3 Å². The normalized spacial score (nSPS) is 18.0. The summed E-state index contributed by atoms with van der Waals surface area (Å²) in [6.07, 6.45) is 3.60. The van der Waals surface area contributed by atoms with Crippen LogP contribution in [0.2, 0.25) is 0 Å². The molecular weight excluding hydrogens is 364 g/mol. The minimum absolute atomic E-state index is 0.0327. The Bertz CT molecular complexity index is 1140. The summed E-state index contributed by atoms with van der Waals surface area (Å²) in [5.41, 5.74) is 4.08. The number of hydrogen-bond acceptors (Lipinski definition) is 3. The Labute approximate surface area is 169 Å². The first-order valence-corrected chi connectivity index (χ1v) is 10.1. The second-order valence-corrected chi connectivity index (χ2v) is 8.39. The number of aromatic amines is 1. The summed E-state index contributed by atoms with van der Waals surface area (Å²) < 4.78 is 6.38. The summed E-state index contributed by atoms with van der Waals surface area (Å²) in [6, 6.07) is 11.7. The van der Waals surface area contributed by atoms with E-state index in [9.17, 15) is 9.59 Å². The minimum Gasteiger partial charge on any atom is -0.486 e. The van der Waals surface area contributed by atoms with Crippen LogP contribution in [0.25, 0.3) is 10.9 Å². The Morgan fingerprint density at radius 1 is 1.07 bits per heavy atom. The maximum atomic E-state index is 13.0. The maximum Gasteiger partial charge on any atom is 0.253 e. The molecule has 3 heterocycles. The fourth-order valence-electron chi connectivity index (χ4n) is 4.51. The zero-order valence-corrected chi connectivity index (χ0v) is 16.7. The number of rotatable bonds is 1. The lowest BCUT2D eigenvalue weighted by atomic mass is 9.81. The monoisotopic (exact) mass is 388 g/mol. The van der Waals surface area contributed by atoms with Gasteiger partial charge in [0.15, 0.2) is 5.78 Å². The fraction of sp³-hybridized carbons (Fsp3) is 0.333. The Morgan fingerprint density at radius 3 is 2.62 bits per heavy atom. The number of hydrogen-bond donors (Lipinski definition) is 1. The van der Waals surface area contributed by atoms with Gasteiger partial charge in [0.1, 0.15) is 11.4 Å². The molecule has 0 radical (unpaired) electrons. The van der Waals surface area contributed by atoms with Crippen LogP contribution in [0, 0.1) is 13.8 Å². The molecule has 1 amide bonds. The topological polar surface area (TPSA) is 62.4 Å². The summed E-state index contributed by atoms with van der Waals surface area (Å²) in [7, 11) is 0. The second-order valence-electron chi connectivity index (χ2n) is 8.39. The number of H-pyrrole nitrogens is 1. The molecule has 0 saturated carbocycles. The molecule has 148 valence electrons. The Morgan fingerprint density at radius 2 is 1.83 bits per heavy atom. The molecular formula is C24H24N2O3. The first-order valence-electron chi connectivity index (χ1n) is 10.1. The molecule has 1 spiro atoms. The molecule has 2 aliphatic rings. The minimum atomic E-state index is -0.494. The molecule has 3 aromatic rings. The number of aryl methyl sites for hydroxylation is 2. The van der Waals surface area contributed by atoms with E-state index in [-0.39, 0.29) is 11.7 Å². The van der Waals surface area contributed by atoms with Gasteiger partial charge >= 0.3 is 0 Å². The van der Waals surface area contributed by atoms with Crippen molar-refractivity contribution in [2.24, 2.45) is 0 Å². The van der Waals surface area contributed by atoms with Crippen LogP contribution in [0.5, 0.6) is 5.75 Å². The predicted octanol–water partition coefficient (Wildman–Crippen LogP) is 4.42. The summed E-state index contributed by atoms with van der Waals surface area (Å²) in [5, 5.41) is 1.09. The number of carbonyl (C=O) groups excluding carboxylic acids is 2. The van der Waals surface area contributed by atoms with Gasteiger partial charge in [-0.3, -0.25) is 9.59 Å². The van der Waals surface area contributed by atoms with Gasteiger partial charge in [-0.15, -0.1) is 0 Å². The van der Waals surface area contributed by atoms with Gasteiger partial charge in [-0.05, 0) is 60.7 Å². The van der Waals surface area contributed by atoms with Crippen LogP contribution in [0.3, 0.4) is 0 Å². The number of carbonyl (C=O) groups is 2. The SMILES string of the molecule is Cc1cc2c(cc1C)C(=O)CC1(CCN(C(=O)c3ccc4cc[nH]c4c3)CC1)O2. The third-order valence-electron chi connectivity index (χ3n) is 6.47. The van der Waals surface area contributed by atoms with Crippen LogP contribution < -0.4 is 4.74 Å². The van der Waals surface area contributed by atoms with Gasteiger partial charge in [-0.25, -0.2) is 0 Å². The lowest BCUT2D eigenvalue weighted by Gasteiger charge is -2.44. The van der Waals surface area contributed by atoms with E-state index < -0.39 is 5.60 Å². The van der Waals surface area contributed by atoms with Crippen LogP contribution >= 0.6 is 0 Å². The van der Waals surface area contributed by atoms with Gasteiger partial charge in [0.2, 0.25) is 0 Å². The average Bonchev–Trinajstić information content (AvgIpc) is 3.17. The van der Waals surface area contributed by atoms with Crippen LogP contribution in [0.4, 0.5) is 0 Å². The predicted molar refractivity (Wildman–Crippen MR) is 112 cm³/mol. The molecule has 0 bridgehead atoms. The van der Waals surface area contributed by atoms with E-state index >= 15 is 0 Å². The number of benzene rings is 2. The van der Waals surface area contributed by atoms with Gasteiger partial charge < -0.3 is 14.6 Å². The van der Waals surface area contributed by atoms with Crippen molar-refractivity contribution in [2.75, 3.05) is 13.1 Å². The lowest BCUT2D eigenvalue weighted by molar-refractivity contribution is -0.00575. The van der Waals surface area contributed by atoms with Crippen LogP contribution in [-0.4, -0.2) is 40.3 Å². The highest BCUT2D eigenvalue weighted by atomic mass is 16.5. The third kappa shape index (κ3) is 3.01. The molecule has 29 heavy (non-hydrogen) atoms. The summed E-state index contributed by atoms with van der Waals surface area (Å²) >= 11 is 0. The van der Waals surface area contributed by atoms with E-state index in [0.29, 0.717) is 49.2 Å². The number of piperidine rings is 1. The van der Waals surface area contributed by atoms with E-state index in [0.717, 1.165) is 22.0 Å². The Kier molecular flexibility index (Phi) is 4.02. The van der Waals surface area contributed by atoms with E-state index in [1.807, 2.05) is 61.3 Å². The number of ketones is 1. The average molecular weight is 388 g/mol. The number of ether oxygens (including phenoxy) is 1. The second kappa shape index (κ2) is 6.48. The largest absolute Gasteiger partial charge is 0.486 e. The highest BCUT2D eigenvalue weighted by Gasteiger charge is 2.43. The number of nitrogens with one attached hydrogen (secondary N) is 1. The zero-order valence-electron chi connectivity index (χ0n) is 16.7. The fourth-order valence-corrected chi connectivity index (χ4v) is 4.51. The van der Waals surface area contributed by atoms with Crippen molar-refractivity contribution in [3.05, 3.63) is 64.8 Å². The van der Waals surface area contributed by atoms with E-state index in [2.05, 4.69) is 4.98 Å². The quantitative estimate of drug-likeness (QED) is 0.671. The van der Waals surface area contributed by atoms with Crippen molar-refractivity contribution in [1.29, 1.82) is 0 Å². The van der Waals surface area contributed by atoms with Crippen molar-refractivity contribution in [2.45, 2.75) is 38.7 Å². The zero-order chi connectivity index (χ0) is 20.2. The molecule has 1 N–H and O–H groups in total. The number of amides is 1. The first kappa shape index (κ1) is 18.0. The maximum absolute atomic E-state index is 13.0. The van der Waals surface area contributed by atoms with Crippen molar-refractivity contribution in [3.8, 4) is 5.75 Å². The molecule has 2 aromatic carbocycles. The van der Waals surface area contributed by atoms with E-state index in [4.69, 9.17) is 4.74 Å². The van der Waals surface area contributed by atoms with Crippen LogP contribution in [-0.2, 0) is 0 Å². The van der Waals surface area contributed by atoms with Gasteiger partial charge in [0.05, 0.1) is 12.0 Å². The Balaban J connectivity index is 1.33.